The summed E-state index contributed by atoms with van der Waals surface area (Å²) in [6.45, 7) is 5.36. The average molecular weight is 1130 g/mol. The standard InChI is InChI=1S/C21H26Br10O3/c1-10-14(15-11(2)17(22,23)34-18(15,24)25)12-6-7-16(10,9-12)19(20(26,27)28,21(29,30)31)33-13-5-3-4-8-32-13/h10-15H,3-9H2,1-2H3. The van der Waals surface area contributed by atoms with Gasteiger partial charge in [-0.15, -0.1) is 0 Å². The molecule has 0 amide bonds. The molecule has 0 aromatic heterocycles. The summed E-state index contributed by atoms with van der Waals surface area (Å²) >= 11 is 39.1. The Bertz CT molecular complexity index is 762. The van der Waals surface area contributed by atoms with Crippen LogP contribution in [-0.2, 0) is 14.2 Å². The maximum atomic E-state index is 7.14. The number of halogens is 10. The van der Waals surface area contributed by atoms with Crippen LogP contribution >= 0.6 is 159 Å². The number of alkyl halides is 10. The summed E-state index contributed by atoms with van der Waals surface area (Å²) in [7, 11) is 0. The predicted octanol–water partition coefficient (Wildman–Crippen LogP) is 11.2. The lowest BCUT2D eigenvalue weighted by molar-refractivity contribution is -0.258. The summed E-state index contributed by atoms with van der Waals surface area (Å²) in [4.78, 5) is 0. The van der Waals surface area contributed by atoms with Gasteiger partial charge >= 0.3 is 0 Å². The number of hydrogen-bond donors (Lipinski definition) is 0. The molecule has 0 spiro atoms. The van der Waals surface area contributed by atoms with Crippen molar-refractivity contribution in [2.24, 2.45) is 35.0 Å². The molecule has 4 fully saturated rings. The molecular weight excluding hydrogens is 1100 g/mol. The minimum absolute atomic E-state index is 0.199. The highest BCUT2D eigenvalue weighted by molar-refractivity contribution is 9.41. The summed E-state index contributed by atoms with van der Waals surface area (Å²) in [6, 6.07) is 0. The smallest absolute Gasteiger partial charge is 0.184 e. The highest BCUT2D eigenvalue weighted by Gasteiger charge is 2.78. The lowest BCUT2D eigenvalue weighted by Crippen LogP contribution is -2.68. The van der Waals surface area contributed by atoms with Crippen LogP contribution in [0.2, 0.25) is 0 Å². The number of rotatable bonds is 4. The molecular formula is C21H26Br10O3. The molecule has 0 N–H and O–H groups in total. The first-order valence-corrected chi connectivity index (χ1v) is 19.2. The Balaban J connectivity index is 1.81. The van der Waals surface area contributed by atoms with Crippen LogP contribution in [0.5, 0.6) is 0 Å². The van der Waals surface area contributed by atoms with Crippen LogP contribution in [0.3, 0.4) is 0 Å². The van der Waals surface area contributed by atoms with Gasteiger partial charge in [0, 0.05) is 23.9 Å². The van der Waals surface area contributed by atoms with Crippen LogP contribution in [0.25, 0.3) is 0 Å². The van der Waals surface area contributed by atoms with Gasteiger partial charge in [0.2, 0.25) is 0 Å². The van der Waals surface area contributed by atoms with Gasteiger partial charge in [-0.2, -0.15) is 0 Å². The van der Waals surface area contributed by atoms with E-state index < -0.39 is 16.7 Å². The molecule has 34 heavy (non-hydrogen) atoms. The second kappa shape index (κ2) is 10.7. The Hall–Kier alpha value is 4.68. The SMILES string of the molecule is CC1C(C2C3CCC(C(OC4CCCCO4)(C(Br)(Br)Br)C(Br)(Br)Br)(C3)C2C)C(Br)(Br)OC1(Br)Br. The highest BCUT2D eigenvalue weighted by atomic mass is 80.0. The first-order valence-electron chi connectivity index (χ1n) is 11.3. The molecule has 0 radical (unpaired) electrons. The lowest BCUT2D eigenvalue weighted by Gasteiger charge is -2.60. The molecule has 3 nitrogen and oxygen atoms in total. The molecule has 2 saturated heterocycles. The third-order valence-corrected chi connectivity index (χ3v) is 15.2. The summed E-state index contributed by atoms with van der Waals surface area (Å²) < 4.78 is 16.9. The molecule has 2 bridgehead atoms. The van der Waals surface area contributed by atoms with Crippen molar-refractivity contribution in [1.82, 2.24) is 0 Å². The molecule has 2 saturated carbocycles. The Morgan fingerprint density at radius 2 is 1.44 bits per heavy atom. The van der Waals surface area contributed by atoms with Gasteiger partial charge in [-0.1, -0.05) is 109 Å². The van der Waals surface area contributed by atoms with Crippen molar-refractivity contribution in [2.75, 3.05) is 6.61 Å². The quantitative estimate of drug-likeness (QED) is 0.263. The summed E-state index contributed by atoms with van der Waals surface area (Å²) in [5.74, 6) is 1.69. The fraction of sp³-hybridized carbons (Fsp3) is 1.00. The van der Waals surface area contributed by atoms with Crippen LogP contribution in [0.1, 0.15) is 52.4 Å². The van der Waals surface area contributed by atoms with E-state index in [2.05, 4.69) is 173 Å². The van der Waals surface area contributed by atoms with Gasteiger partial charge < -0.3 is 14.2 Å². The van der Waals surface area contributed by atoms with Crippen LogP contribution < -0.4 is 0 Å². The van der Waals surface area contributed by atoms with E-state index in [0.717, 1.165) is 45.1 Å². The Labute approximate surface area is 286 Å². The van der Waals surface area contributed by atoms with Crippen molar-refractivity contribution in [3.63, 3.8) is 0 Å². The van der Waals surface area contributed by atoms with Gasteiger partial charge in [0.05, 0.1) is 0 Å². The first-order chi connectivity index (χ1) is 15.4. The zero-order valence-electron chi connectivity index (χ0n) is 18.4. The van der Waals surface area contributed by atoms with E-state index >= 15 is 0 Å². The normalized spacial score (nSPS) is 42.4. The largest absolute Gasteiger partial charge is 0.353 e. The minimum Gasteiger partial charge on any atom is -0.353 e. The molecule has 4 rings (SSSR count). The fourth-order valence-electron chi connectivity index (χ4n) is 7.26. The topological polar surface area (TPSA) is 27.7 Å². The molecule has 13 heteroatoms. The average Bonchev–Trinajstić information content (AvgIpc) is 3.27. The molecule has 7 unspecified atom stereocenters. The minimum atomic E-state index is -0.818. The van der Waals surface area contributed by atoms with Crippen molar-refractivity contribution < 1.29 is 14.2 Å². The Morgan fingerprint density at radius 3 is 1.91 bits per heavy atom. The fourth-order valence-corrected chi connectivity index (χ4v) is 18.2. The summed E-state index contributed by atoms with van der Waals surface area (Å²) in [5, 5.41) is 0. The van der Waals surface area contributed by atoms with Crippen molar-refractivity contribution >= 4 is 159 Å². The van der Waals surface area contributed by atoms with E-state index in [9.17, 15) is 0 Å². The molecule has 0 aromatic rings. The highest BCUT2D eigenvalue weighted by Crippen LogP contribution is 2.78. The number of fused-ring (bicyclic) bond motifs is 2. The van der Waals surface area contributed by atoms with E-state index in [4.69, 9.17) is 14.2 Å². The van der Waals surface area contributed by atoms with Crippen LogP contribution in [-0.4, -0.2) is 29.6 Å². The van der Waals surface area contributed by atoms with Gasteiger partial charge in [-0.25, -0.2) is 0 Å². The third kappa shape index (κ3) is 5.10. The third-order valence-electron chi connectivity index (χ3n) is 8.67. The van der Waals surface area contributed by atoms with E-state index in [-0.39, 0.29) is 23.5 Å². The Morgan fingerprint density at radius 1 is 0.824 bits per heavy atom. The first kappa shape index (κ1) is 31.6. The van der Waals surface area contributed by atoms with Crippen molar-refractivity contribution in [1.29, 1.82) is 0 Å². The second-order valence-electron chi connectivity index (χ2n) is 10.2. The van der Waals surface area contributed by atoms with Crippen molar-refractivity contribution in [2.45, 2.75) is 75.4 Å². The van der Waals surface area contributed by atoms with Crippen LogP contribution in [0, 0.1) is 35.0 Å². The molecule has 2 aliphatic heterocycles. The second-order valence-corrected chi connectivity index (χ2v) is 30.5. The summed E-state index contributed by atoms with van der Waals surface area (Å²) in [6.07, 6.45) is 5.98. The van der Waals surface area contributed by atoms with Crippen LogP contribution in [0.4, 0.5) is 0 Å². The van der Waals surface area contributed by atoms with Gasteiger partial charge in [-0.3, -0.25) is 0 Å². The van der Waals surface area contributed by atoms with Crippen molar-refractivity contribution in [3.05, 3.63) is 0 Å². The maximum absolute atomic E-state index is 7.14. The maximum Gasteiger partial charge on any atom is 0.184 e. The number of hydrogen-bond acceptors (Lipinski definition) is 3. The Kier molecular flexibility index (Phi) is 9.99. The van der Waals surface area contributed by atoms with E-state index in [0.29, 0.717) is 17.8 Å². The lowest BCUT2D eigenvalue weighted by atomic mass is 9.60. The van der Waals surface area contributed by atoms with E-state index in [1.807, 2.05) is 0 Å². The molecule has 2 aliphatic carbocycles. The monoisotopic (exact) mass is 1120 g/mol. The van der Waals surface area contributed by atoms with Crippen LogP contribution in [0.15, 0.2) is 0 Å². The number of ether oxygens (including phenoxy) is 3. The molecule has 2 heterocycles. The van der Waals surface area contributed by atoms with E-state index in [1.165, 1.54) is 0 Å². The molecule has 7 atom stereocenters. The van der Waals surface area contributed by atoms with Gasteiger partial charge in [0.25, 0.3) is 0 Å². The van der Waals surface area contributed by atoms with Gasteiger partial charge in [0.1, 0.15) is 5.60 Å². The molecule has 4 aliphatic rings. The zero-order valence-corrected chi connectivity index (χ0v) is 34.3. The predicted molar refractivity (Wildman–Crippen MR) is 174 cm³/mol. The molecule has 0 aromatic carbocycles. The van der Waals surface area contributed by atoms with Crippen molar-refractivity contribution in [3.8, 4) is 0 Å². The van der Waals surface area contributed by atoms with Gasteiger partial charge in [-0.05, 0) is 120 Å². The summed E-state index contributed by atoms with van der Waals surface area (Å²) in [5.41, 5.74) is -1.02. The van der Waals surface area contributed by atoms with Gasteiger partial charge in [0.15, 0.2) is 17.4 Å². The zero-order chi connectivity index (χ0) is 25.5. The van der Waals surface area contributed by atoms with E-state index in [1.54, 1.807) is 0 Å². The molecule has 198 valence electrons.